The van der Waals surface area contributed by atoms with Crippen molar-refractivity contribution < 1.29 is 14.7 Å². The number of ketones is 1. The van der Waals surface area contributed by atoms with Crippen LogP contribution in [0.5, 0.6) is 0 Å². The first-order chi connectivity index (χ1) is 15.4. The van der Waals surface area contributed by atoms with E-state index in [-0.39, 0.29) is 23.9 Å². The molecule has 2 aromatic carbocycles. The number of benzene rings is 2. The summed E-state index contributed by atoms with van der Waals surface area (Å²) in [5, 5.41) is 9.02. The van der Waals surface area contributed by atoms with Crippen LogP contribution in [0.15, 0.2) is 54.6 Å². The maximum absolute atomic E-state index is 13.5. The second-order valence-electron chi connectivity index (χ2n) is 8.68. The van der Waals surface area contributed by atoms with Crippen molar-refractivity contribution in [3.05, 3.63) is 65.7 Å². The fourth-order valence-corrected chi connectivity index (χ4v) is 4.35. The lowest BCUT2D eigenvalue weighted by molar-refractivity contribution is 0.0509. The Morgan fingerprint density at radius 1 is 1.00 bits per heavy atom. The average molecular weight is 438 g/mol. The minimum atomic E-state index is -0.471. The van der Waals surface area contributed by atoms with Crippen molar-refractivity contribution in [3.63, 3.8) is 0 Å². The molecule has 6 nitrogen and oxygen atoms in total. The number of carbonyl (C=O) groups is 2. The fourth-order valence-electron chi connectivity index (χ4n) is 4.35. The van der Waals surface area contributed by atoms with Gasteiger partial charge in [0.1, 0.15) is 6.61 Å². The van der Waals surface area contributed by atoms with Gasteiger partial charge in [-0.15, -0.1) is 0 Å². The molecule has 0 unspecified atom stereocenters. The van der Waals surface area contributed by atoms with E-state index < -0.39 is 6.61 Å². The van der Waals surface area contributed by atoms with Crippen LogP contribution in [0.25, 0.3) is 0 Å². The summed E-state index contributed by atoms with van der Waals surface area (Å²) in [4.78, 5) is 31.4. The van der Waals surface area contributed by atoms with Gasteiger partial charge in [0, 0.05) is 49.5 Å². The van der Waals surface area contributed by atoms with Crippen molar-refractivity contribution in [2.75, 3.05) is 31.1 Å². The number of carbonyl (C=O) groups excluding carboxylic acids is 2. The highest BCUT2D eigenvalue weighted by atomic mass is 16.3. The molecule has 0 bridgehead atoms. The third kappa shape index (κ3) is 5.75. The van der Waals surface area contributed by atoms with Crippen LogP contribution >= 0.6 is 0 Å². The Morgan fingerprint density at radius 2 is 1.62 bits per heavy atom. The molecule has 0 aromatic heterocycles. The molecule has 0 saturated carbocycles. The predicted octanol–water partition coefficient (Wildman–Crippen LogP) is 4.18. The van der Waals surface area contributed by atoms with Crippen molar-refractivity contribution in [2.24, 2.45) is 0 Å². The van der Waals surface area contributed by atoms with E-state index in [0.717, 1.165) is 37.2 Å². The molecule has 0 radical (unpaired) electrons. The van der Waals surface area contributed by atoms with Gasteiger partial charge in [-0.05, 0) is 38.0 Å². The van der Waals surface area contributed by atoms with Crippen molar-refractivity contribution in [1.82, 2.24) is 9.80 Å². The molecule has 1 N–H and O–H groups in total. The number of Topliss-reactive ketones (excluding diaryl/α,β-unsaturated/α-hetero) is 1. The second-order valence-corrected chi connectivity index (χ2v) is 8.68. The fraction of sp³-hybridized carbons (Fsp3) is 0.462. The first-order valence-electron chi connectivity index (χ1n) is 11.5. The van der Waals surface area contributed by atoms with Crippen molar-refractivity contribution >= 4 is 17.5 Å². The zero-order chi connectivity index (χ0) is 23.1. The van der Waals surface area contributed by atoms with Gasteiger partial charge in [-0.2, -0.15) is 0 Å². The molecule has 6 heteroatoms. The number of nitrogens with zero attached hydrogens (tertiary/aromatic N) is 3. The summed E-state index contributed by atoms with van der Waals surface area (Å²) in [6.07, 6.45) is 2.01. The largest absolute Gasteiger partial charge is 0.388 e. The Balaban J connectivity index is 1.67. The van der Waals surface area contributed by atoms with Crippen LogP contribution in [0.2, 0.25) is 0 Å². The normalized spacial score (nSPS) is 19.1. The highest BCUT2D eigenvalue weighted by Gasteiger charge is 2.34. The van der Waals surface area contributed by atoms with Gasteiger partial charge in [-0.3, -0.25) is 14.6 Å². The maximum atomic E-state index is 13.5. The van der Waals surface area contributed by atoms with E-state index in [1.54, 1.807) is 12.1 Å². The number of hydrogen-bond donors (Lipinski definition) is 1. The number of urea groups is 1. The van der Waals surface area contributed by atoms with Gasteiger partial charge >= 0.3 is 6.03 Å². The Morgan fingerprint density at radius 3 is 2.19 bits per heavy atom. The third-order valence-corrected chi connectivity index (χ3v) is 6.19. The number of aliphatic hydroxyl groups excluding tert-OH is 1. The molecular formula is C26H35N3O3. The summed E-state index contributed by atoms with van der Waals surface area (Å²) in [5.41, 5.74) is 2.60. The van der Waals surface area contributed by atoms with E-state index in [9.17, 15) is 9.59 Å². The molecule has 1 aliphatic rings. The SMILES string of the molecule is CCCCN(C(=O)N1C[C@@H](C)N(Cc2ccc(C(=O)CO)cc2)[C@@H](C)C1)c1ccccc1. The summed E-state index contributed by atoms with van der Waals surface area (Å²) in [7, 11) is 0. The van der Waals surface area contributed by atoms with E-state index in [2.05, 4.69) is 25.7 Å². The molecule has 1 aliphatic heterocycles. The van der Waals surface area contributed by atoms with Crippen LogP contribution in [-0.2, 0) is 6.54 Å². The van der Waals surface area contributed by atoms with Gasteiger partial charge < -0.3 is 10.0 Å². The predicted molar refractivity (Wildman–Crippen MR) is 128 cm³/mol. The van der Waals surface area contributed by atoms with Gasteiger partial charge in [0.25, 0.3) is 0 Å². The van der Waals surface area contributed by atoms with Crippen LogP contribution in [0.1, 0.15) is 49.5 Å². The topological polar surface area (TPSA) is 64.1 Å². The Labute approximate surface area is 191 Å². The van der Waals surface area contributed by atoms with Crippen molar-refractivity contribution in [1.29, 1.82) is 0 Å². The number of rotatable bonds is 8. The summed E-state index contributed by atoms with van der Waals surface area (Å²) >= 11 is 0. The Kier molecular flexibility index (Phi) is 8.42. The van der Waals surface area contributed by atoms with Gasteiger partial charge in [0.15, 0.2) is 5.78 Å². The lowest BCUT2D eigenvalue weighted by Gasteiger charge is -2.45. The number of piperazine rings is 1. The number of amides is 2. The number of aliphatic hydroxyl groups is 1. The molecule has 2 atom stereocenters. The molecular weight excluding hydrogens is 402 g/mol. The van der Waals surface area contributed by atoms with Crippen LogP contribution in [0.4, 0.5) is 10.5 Å². The Bertz CT molecular complexity index is 873. The lowest BCUT2D eigenvalue weighted by Crippen LogP contribution is -2.60. The van der Waals surface area contributed by atoms with Gasteiger partial charge in [-0.25, -0.2) is 4.79 Å². The number of anilines is 1. The third-order valence-electron chi connectivity index (χ3n) is 6.19. The monoisotopic (exact) mass is 437 g/mol. The van der Waals surface area contributed by atoms with Gasteiger partial charge in [0.2, 0.25) is 0 Å². The lowest BCUT2D eigenvalue weighted by atomic mass is 10.0. The zero-order valence-electron chi connectivity index (χ0n) is 19.4. The van der Waals surface area contributed by atoms with Crippen LogP contribution in [0.3, 0.4) is 0 Å². The standard InChI is InChI=1S/C26H35N3O3/c1-4-5-15-28(24-9-7-6-8-10-24)26(32)27-16-20(2)29(21(3)17-27)18-22-11-13-23(14-12-22)25(31)19-30/h6-14,20-21,30H,4-5,15-19H2,1-3H3/t20-,21+. The summed E-state index contributed by atoms with van der Waals surface area (Å²) in [5.74, 6) is -0.267. The molecule has 172 valence electrons. The highest BCUT2D eigenvalue weighted by molar-refractivity contribution is 5.96. The quantitative estimate of drug-likeness (QED) is 0.629. The summed E-state index contributed by atoms with van der Waals surface area (Å²) in [6, 6.07) is 17.9. The zero-order valence-corrected chi connectivity index (χ0v) is 19.4. The van der Waals surface area contributed by atoms with Crippen LogP contribution in [-0.4, -0.2) is 65.0 Å². The first kappa shape index (κ1) is 24.0. The molecule has 2 amide bonds. The van der Waals surface area contributed by atoms with E-state index in [1.807, 2.05) is 52.3 Å². The second kappa shape index (κ2) is 11.2. The smallest absolute Gasteiger partial charge is 0.324 e. The number of para-hydroxylation sites is 1. The van der Waals surface area contributed by atoms with Crippen LogP contribution in [0, 0.1) is 0 Å². The van der Waals surface area contributed by atoms with E-state index >= 15 is 0 Å². The van der Waals surface area contributed by atoms with E-state index in [0.29, 0.717) is 18.7 Å². The van der Waals surface area contributed by atoms with E-state index in [1.165, 1.54) is 0 Å². The van der Waals surface area contributed by atoms with Crippen molar-refractivity contribution in [3.8, 4) is 0 Å². The van der Waals surface area contributed by atoms with Crippen molar-refractivity contribution in [2.45, 2.75) is 52.2 Å². The molecule has 1 saturated heterocycles. The first-order valence-corrected chi connectivity index (χ1v) is 11.5. The molecule has 2 aromatic rings. The van der Waals surface area contributed by atoms with Gasteiger partial charge in [-0.1, -0.05) is 55.8 Å². The molecule has 1 heterocycles. The molecule has 0 aliphatic carbocycles. The number of hydrogen-bond acceptors (Lipinski definition) is 4. The van der Waals surface area contributed by atoms with Gasteiger partial charge in [0.05, 0.1) is 0 Å². The highest BCUT2D eigenvalue weighted by Crippen LogP contribution is 2.23. The Hall–Kier alpha value is -2.70. The maximum Gasteiger partial charge on any atom is 0.324 e. The average Bonchev–Trinajstić information content (AvgIpc) is 2.82. The molecule has 0 spiro atoms. The number of unbranched alkanes of at least 4 members (excludes halogenated alkanes) is 1. The minimum absolute atomic E-state index is 0.0786. The summed E-state index contributed by atoms with van der Waals surface area (Å²) in [6.45, 7) is 8.85. The van der Waals surface area contributed by atoms with E-state index in [4.69, 9.17) is 5.11 Å². The molecule has 3 rings (SSSR count). The van der Waals surface area contributed by atoms with Crippen LogP contribution < -0.4 is 4.90 Å². The molecule has 1 fully saturated rings. The molecule has 32 heavy (non-hydrogen) atoms. The summed E-state index contributed by atoms with van der Waals surface area (Å²) < 4.78 is 0. The minimum Gasteiger partial charge on any atom is -0.388 e.